The topological polar surface area (TPSA) is 78.9 Å². The molecule has 0 bridgehead atoms. The minimum absolute atomic E-state index is 0.104. The van der Waals surface area contributed by atoms with Crippen molar-refractivity contribution in [3.63, 3.8) is 0 Å². The van der Waals surface area contributed by atoms with Crippen LogP contribution in [0.2, 0.25) is 0 Å². The molecule has 0 aromatic carbocycles. The monoisotopic (exact) mass is 821 g/mol. The predicted molar refractivity (Wildman–Crippen MR) is 251 cm³/mol. The molecule has 0 aromatic heterocycles. The van der Waals surface area contributed by atoms with Crippen LogP contribution in [0, 0.1) is 0 Å². The molecule has 0 amide bonds. The number of carbonyl (C=O) groups excluding carboxylic acids is 3. The zero-order valence-corrected chi connectivity index (χ0v) is 38.2. The summed E-state index contributed by atoms with van der Waals surface area (Å²) in [5, 5.41) is 0. The van der Waals surface area contributed by atoms with Gasteiger partial charge in [0, 0.05) is 19.3 Å². The smallest absolute Gasteiger partial charge is 0.306 e. The second-order valence-corrected chi connectivity index (χ2v) is 15.8. The summed E-state index contributed by atoms with van der Waals surface area (Å²) in [6.45, 7) is 6.38. The molecule has 1 unspecified atom stereocenters. The van der Waals surface area contributed by atoms with E-state index in [0.717, 1.165) is 83.5 Å². The molecule has 0 heterocycles. The van der Waals surface area contributed by atoms with E-state index in [2.05, 4.69) is 69.4 Å². The van der Waals surface area contributed by atoms with E-state index in [1.165, 1.54) is 83.5 Å². The van der Waals surface area contributed by atoms with Gasteiger partial charge in [0.05, 0.1) is 0 Å². The van der Waals surface area contributed by atoms with Gasteiger partial charge in [-0.25, -0.2) is 0 Å². The lowest BCUT2D eigenvalue weighted by Crippen LogP contribution is -2.30. The number of esters is 3. The summed E-state index contributed by atoms with van der Waals surface area (Å²) in [6, 6.07) is 0. The lowest BCUT2D eigenvalue weighted by molar-refractivity contribution is -0.167. The first-order valence-electron chi connectivity index (χ1n) is 24.2. The summed E-state index contributed by atoms with van der Waals surface area (Å²) < 4.78 is 16.7. The average Bonchev–Trinajstić information content (AvgIpc) is 3.23. The van der Waals surface area contributed by atoms with E-state index < -0.39 is 6.10 Å². The number of allylic oxidation sites excluding steroid dienone is 14. The van der Waals surface area contributed by atoms with Gasteiger partial charge < -0.3 is 14.2 Å². The van der Waals surface area contributed by atoms with E-state index in [1.54, 1.807) is 0 Å². The molecule has 59 heavy (non-hydrogen) atoms. The van der Waals surface area contributed by atoms with E-state index in [9.17, 15) is 14.4 Å². The summed E-state index contributed by atoms with van der Waals surface area (Å²) in [7, 11) is 0. The van der Waals surface area contributed by atoms with Crippen LogP contribution in [-0.2, 0) is 28.6 Å². The van der Waals surface area contributed by atoms with Crippen LogP contribution < -0.4 is 0 Å². The quantitative estimate of drug-likeness (QED) is 0.0201. The van der Waals surface area contributed by atoms with Gasteiger partial charge in [0.15, 0.2) is 6.10 Å². The van der Waals surface area contributed by atoms with Crippen molar-refractivity contribution in [2.24, 2.45) is 0 Å². The van der Waals surface area contributed by atoms with Gasteiger partial charge in [-0.1, -0.05) is 189 Å². The van der Waals surface area contributed by atoms with Gasteiger partial charge >= 0.3 is 17.9 Å². The molecule has 1 atom stereocenters. The zero-order valence-electron chi connectivity index (χ0n) is 38.2. The Bertz CT molecular complexity index is 1170. The minimum Gasteiger partial charge on any atom is -0.462 e. The first-order valence-corrected chi connectivity index (χ1v) is 24.2. The Morgan fingerprint density at radius 3 is 1.15 bits per heavy atom. The van der Waals surface area contributed by atoms with E-state index in [0.29, 0.717) is 19.3 Å². The number of unbranched alkanes of at least 4 members (excludes halogenated alkanes) is 21. The number of ether oxygens (including phenoxy) is 3. The molecule has 0 aromatic rings. The molecule has 336 valence electrons. The molecule has 0 radical (unpaired) electrons. The maximum atomic E-state index is 12.7. The van der Waals surface area contributed by atoms with Crippen molar-refractivity contribution < 1.29 is 28.6 Å². The molecular weight excluding hydrogens is 733 g/mol. The zero-order chi connectivity index (χ0) is 43.0. The van der Waals surface area contributed by atoms with Crippen LogP contribution in [0.3, 0.4) is 0 Å². The van der Waals surface area contributed by atoms with Crippen LogP contribution in [0.1, 0.15) is 213 Å². The lowest BCUT2D eigenvalue weighted by Gasteiger charge is -2.18. The van der Waals surface area contributed by atoms with Crippen LogP contribution >= 0.6 is 0 Å². The molecule has 6 nitrogen and oxygen atoms in total. The Kier molecular flexibility index (Phi) is 44.5. The highest BCUT2D eigenvalue weighted by atomic mass is 16.6. The first-order chi connectivity index (χ1) is 29.0. The Labute approximate surface area is 363 Å². The van der Waals surface area contributed by atoms with Gasteiger partial charge in [-0.2, -0.15) is 0 Å². The Morgan fingerprint density at radius 1 is 0.356 bits per heavy atom. The minimum atomic E-state index is -0.806. The predicted octanol–water partition coefficient (Wildman–Crippen LogP) is 15.6. The SMILES string of the molecule is CC\C=C/C=C\C=C/C=C\CCCCCC(=O)OC(COC(=O)CCCCC/C=C\CCCCCCCC)COC(=O)CCCCCCCC/C=C\C=C/CCCCC. The summed E-state index contributed by atoms with van der Waals surface area (Å²) in [4.78, 5) is 37.8. The standard InChI is InChI=1S/C53H88O6/c1-4-7-10-13-16-19-22-25-26-29-31-34-37-40-43-46-52(55)58-49-50(59-53(56)47-44-41-38-35-32-28-24-21-18-15-12-9-6-3)48-57-51(54)45-42-39-36-33-30-27-23-20-17-14-11-8-5-2/h9,12,15-16,18-19,21-22,24-25,27-28,30,32,50H,4-8,10-11,13-14,17,20,23,26,29,31,33-49H2,1-3H3/b12-9-,18-15-,19-16-,24-21-,25-22-,30-27-,32-28-. The van der Waals surface area contributed by atoms with Gasteiger partial charge in [0.1, 0.15) is 13.2 Å². The van der Waals surface area contributed by atoms with Gasteiger partial charge in [-0.3, -0.25) is 14.4 Å². The molecule has 6 heteroatoms. The third-order valence-electron chi connectivity index (χ3n) is 9.98. The Hall–Kier alpha value is -3.41. The van der Waals surface area contributed by atoms with Crippen LogP contribution in [0.15, 0.2) is 85.1 Å². The van der Waals surface area contributed by atoms with Crippen molar-refractivity contribution in [1.82, 2.24) is 0 Å². The van der Waals surface area contributed by atoms with Crippen LogP contribution in [0.25, 0.3) is 0 Å². The average molecular weight is 821 g/mol. The van der Waals surface area contributed by atoms with E-state index in [1.807, 2.05) is 36.5 Å². The summed E-state index contributed by atoms with van der Waals surface area (Å²) in [6.07, 6.45) is 59.9. The van der Waals surface area contributed by atoms with E-state index in [4.69, 9.17) is 14.2 Å². The maximum absolute atomic E-state index is 12.7. The number of hydrogen-bond acceptors (Lipinski definition) is 6. The highest BCUT2D eigenvalue weighted by Crippen LogP contribution is 2.13. The Balaban J connectivity index is 4.49. The van der Waals surface area contributed by atoms with Gasteiger partial charge in [0.2, 0.25) is 0 Å². The molecule has 0 fully saturated rings. The van der Waals surface area contributed by atoms with Gasteiger partial charge in [-0.05, 0) is 89.9 Å². The van der Waals surface area contributed by atoms with Crippen LogP contribution in [-0.4, -0.2) is 37.2 Å². The largest absolute Gasteiger partial charge is 0.462 e. The molecule has 0 saturated carbocycles. The second kappa shape index (κ2) is 47.3. The van der Waals surface area contributed by atoms with E-state index in [-0.39, 0.29) is 37.5 Å². The molecule has 0 rings (SSSR count). The normalized spacial score (nSPS) is 12.8. The summed E-state index contributed by atoms with van der Waals surface area (Å²) in [5.74, 6) is -0.976. The molecule has 0 N–H and O–H groups in total. The highest BCUT2D eigenvalue weighted by Gasteiger charge is 2.19. The molecule has 0 aliphatic heterocycles. The van der Waals surface area contributed by atoms with Crippen molar-refractivity contribution in [3.8, 4) is 0 Å². The van der Waals surface area contributed by atoms with E-state index >= 15 is 0 Å². The van der Waals surface area contributed by atoms with Crippen molar-refractivity contribution in [2.75, 3.05) is 13.2 Å². The Morgan fingerprint density at radius 2 is 0.678 bits per heavy atom. The summed E-state index contributed by atoms with van der Waals surface area (Å²) >= 11 is 0. The van der Waals surface area contributed by atoms with Crippen LogP contribution in [0.5, 0.6) is 0 Å². The lowest BCUT2D eigenvalue weighted by atomic mass is 10.1. The van der Waals surface area contributed by atoms with Crippen molar-refractivity contribution in [1.29, 1.82) is 0 Å². The maximum Gasteiger partial charge on any atom is 0.306 e. The van der Waals surface area contributed by atoms with Crippen LogP contribution in [0.4, 0.5) is 0 Å². The summed E-state index contributed by atoms with van der Waals surface area (Å²) in [5.41, 5.74) is 0. The van der Waals surface area contributed by atoms with Crippen molar-refractivity contribution >= 4 is 17.9 Å². The fourth-order valence-electron chi connectivity index (χ4n) is 6.32. The molecule has 0 spiro atoms. The van der Waals surface area contributed by atoms with Gasteiger partial charge in [-0.15, -0.1) is 0 Å². The highest BCUT2D eigenvalue weighted by molar-refractivity contribution is 5.71. The fourth-order valence-corrected chi connectivity index (χ4v) is 6.32. The number of carbonyl (C=O) groups is 3. The molecular formula is C53H88O6. The number of rotatable bonds is 42. The molecule has 0 saturated heterocycles. The fraction of sp³-hybridized carbons (Fsp3) is 0.679. The van der Waals surface area contributed by atoms with Gasteiger partial charge in [0.25, 0.3) is 0 Å². The number of hydrogen-bond donors (Lipinski definition) is 0. The third-order valence-corrected chi connectivity index (χ3v) is 9.98. The molecule has 0 aliphatic carbocycles. The third kappa shape index (κ3) is 45.5. The van der Waals surface area contributed by atoms with Crippen molar-refractivity contribution in [2.45, 2.75) is 219 Å². The first kappa shape index (κ1) is 55.6. The van der Waals surface area contributed by atoms with Crippen molar-refractivity contribution in [3.05, 3.63) is 85.1 Å². The second-order valence-electron chi connectivity index (χ2n) is 15.8. The molecule has 0 aliphatic rings.